The first-order chi connectivity index (χ1) is 19.9. The van der Waals surface area contributed by atoms with Gasteiger partial charge in [0, 0.05) is 50.2 Å². The lowest BCUT2D eigenvalue weighted by molar-refractivity contribution is -0.140. The third kappa shape index (κ3) is 8.43. The van der Waals surface area contributed by atoms with Gasteiger partial charge >= 0.3 is 0 Å². The Hall–Kier alpha value is -3.64. The third-order valence-corrected chi connectivity index (χ3v) is 8.29. The fraction of sp³-hybridized carbons (Fsp3) is 0.429. The van der Waals surface area contributed by atoms with Crippen LogP contribution in [0.15, 0.2) is 72.8 Å². The first-order valence-corrected chi connectivity index (χ1v) is 15.0. The van der Waals surface area contributed by atoms with E-state index in [2.05, 4.69) is 60.2 Å². The van der Waals surface area contributed by atoms with Gasteiger partial charge in [-0.25, -0.2) is 0 Å². The molecule has 218 valence electrons. The summed E-state index contributed by atoms with van der Waals surface area (Å²) in [4.78, 5) is 31.1. The maximum absolute atomic E-state index is 13.7. The Kier molecular flexibility index (Phi) is 11.0. The molecule has 0 bridgehead atoms. The molecule has 3 aromatic carbocycles. The molecular weight excluding hydrogens is 510 g/mol. The molecule has 6 nitrogen and oxygen atoms in total. The van der Waals surface area contributed by atoms with E-state index < -0.39 is 0 Å². The minimum Gasteiger partial charge on any atom is -0.497 e. The number of nitrogens with zero attached hydrogens (tertiary/aromatic N) is 2. The molecule has 0 saturated carbocycles. The lowest BCUT2D eigenvalue weighted by Gasteiger charge is -2.40. The molecule has 0 atom stereocenters. The van der Waals surface area contributed by atoms with Gasteiger partial charge in [0.15, 0.2) is 0 Å². The van der Waals surface area contributed by atoms with Gasteiger partial charge in [-0.1, -0.05) is 67.9 Å². The van der Waals surface area contributed by atoms with Crippen molar-refractivity contribution in [3.8, 4) is 5.75 Å². The molecule has 4 rings (SSSR count). The summed E-state index contributed by atoms with van der Waals surface area (Å²) in [6.07, 6.45) is 3.66. The third-order valence-electron chi connectivity index (χ3n) is 8.29. The van der Waals surface area contributed by atoms with Crippen molar-refractivity contribution in [2.75, 3.05) is 20.2 Å². The largest absolute Gasteiger partial charge is 0.497 e. The van der Waals surface area contributed by atoms with E-state index in [9.17, 15) is 9.59 Å². The van der Waals surface area contributed by atoms with Crippen molar-refractivity contribution in [1.82, 2.24) is 15.1 Å². The molecule has 6 heteroatoms. The maximum atomic E-state index is 13.7. The molecule has 0 aromatic heterocycles. The quantitative estimate of drug-likeness (QED) is 0.282. The zero-order valence-corrected chi connectivity index (χ0v) is 25.1. The van der Waals surface area contributed by atoms with E-state index >= 15 is 0 Å². The number of hydrogen-bond acceptors (Lipinski definition) is 4. The zero-order valence-electron chi connectivity index (χ0n) is 25.1. The highest BCUT2D eigenvalue weighted by molar-refractivity contribution is 5.94. The summed E-state index contributed by atoms with van der Waals surface area (Å²) >= 11 is 0. The number of nitrogens with one attached hydrogen (secondary N) is 1. The van der Waals surface area contributed by atoms with Crippen molar-refractivity contribution in [2.45, 2.75) is 72.1 Å². The number of ether oxygens (including phenoxy) is 1. The van der Waals surface area contributed by atoms with E-state index in [4.69, 9.17) is 4.74 Å². The van der Waals surface area contributed by atoms with Gasteiger partial charge in [0.25, 0.3) is 5.91 Å². The Balaban J connectivity index is 1.37. The fourth-order valence-corrected chi connectivity index (χ4v) is 5.70. The highest BCUT2D eigenvalue weighted by Gasteiger charge is 2.31. The predicted octanol–water partition coefficient (Wildman–Crippen LogP) is 6.36. The van der Waals surface area contributed by atoms with Crippen LogP contribution in [-0.4, -0.2) is 47.9 Å². The van der Waals surface area contributed by atoms with Crippen LogP contribution in [0.2, 0.25) is 0 Å². The molecule has 0 unspecified atom stereocenters. The molecule has 1 heterocycles. The van der Waals surface area contributed by atoms with Crippen LogP contribution in [0, 0.1) is 12.8 Å². The van der Waals surface area contributed by atoms with Crippen LogP contribution in [0.4, 0.5) is 0 Å². The van der Waals surface area contributed by atoms with Crippen LogP contribution >= 0.6 is 0 Å². The lowest BCUT2D eigenvalue weighted by atomic mass is 9.96. The van der Waals surface area contributed by atoms with Crippen LogP contribution < -0.4 is 10.1 Å². The SMILES string of the molecule is CCC(CC)C(=O)N(Cc1ccc(C(=O)NCc2ccc(OC)cc2)cc1)C1CCN(Cc2cccc(C)c2)CC1. The Morgan fingerprint density at radius 2 is 1.59 bits per heavy atom. The second kappa shape index (κ2) is 14.8. The number of aryl methyl sites for hydroxylation is 1. The topological polar surface area (TPSA) is 61.9 Å². The molecule has 1 saturated heterocycles. The average Bonchev–Trinajstić information content (AvgIpc) is 3.00. The van der Waals surface area contributed by atoms with Crippen molar-refractivity contribution in [2.24, 2.45) is 5.92 Å². The highest BCUT2D eigenvalue weighted by atomic mass is 16.5. The van der Waals surface area contributed by atoms with Crippen molar-refractivity contribution >= 4 is 11.8 Å². The minimum absolute atomic E-state index is 0.0447. The monoisotopic (exact) mass is 555 g/mol. The van der Waals surface area contributed by atoms with Gasteiger partial charge in [-0.15, -0.1) is 0 Å². The van der Waals surface area contributed by atoms with Gasteiger partial charge in [-0.3, -0.25) is 14.5 Å². The number of carbonyl (C=O) groups is 2. The summed E-state index contributed by atoms with van der Waals surface area (Å²) in [6.45, 7) is 10.3. The molecule has 3 aromatic rings. The first kappa shape index (κ1) is 30.3. The number of hydrogen-bond donors (Lipinski definition) is 1. The second-order valence-corrected chi connectivity index (χ2v) is 11.2. The van der Waals surface area contributed by atoms with Gasteiger partial charge in [0.1, 0.15) is 5.75 Å². The summed E-state index contributed by atoms with van der Waals surface area (Å²) in [7, 11) is 1.64. The number of methoxy groups -OCH3 is 1. The number of benzene rings is 3. The predicted molar refractivity (Wildman–Crippen MR) is 165 cm³/mol. The van der Waals surface area contributed by atoms with Gasteiger partial charge in [0.2, 0.25) is 5.91 Å². The second-order valence-electron chi connectivity index (χ2n) is 11.2. The molecule has 1 fully saturated rings. The summed E-state index contributed by atoms with van der Waals surface area (Å²) in [5.41, 5.74) is 5.32. The molecule has 1 aliphatic rings. The van der Waals surface area contributed by atoms with Crippen molar-refractivity contribution in [3.05, 3.63) is 101 Å². The van der Waals surface area contributed by atoms with Gasteiger partial charge in [0.05, 0.1) is 7.11 Å². The Bertz CT molecular complexity index is 1260. The maximum Gasteiger partial charge on any atom is 0.251 e. The average molecular weight is 556 g/mol. The van der Waals surface area contributed by atoms with Crippen LogP contribution in [0.3, 0.4) is 0 Å². The Morgan fingerprint density at radius 1 is 0.927 bits per heavy atom. The van der Waals surface area contributed by atoms with Crippen LogP contribution in [-0.2, 0) is 24.4 Å². The number of amides is 2. The zero-order chi connectivity index (χ0) is 29.2. The Labute approximate surface area is 245 Å². The van der Waals surface area contributed by atoms with Crippen LogP contribution in [0.1, 0.15) is 72.1 Å². The molecule has 2 amide bonds. The van der Waals surface area contributed by atoms with E-state index in [0.29, 0.717) is 18.7 Å². The molecule has 0 radical (unpaired) electrons. The number of rotatable bonds is 12. The fourth-order valence-electron chi connectivity index (χ4n) is 5.70. The van der Waals surface area contributed by atoms with Gasteiger partial charge in [-0.05, 0) is 73.6 Å². The van der Waals surface area contributed by atoms with Gasteiger partial charge in [-0.2, -0.15) is 0 Å². The standard InChI is InChI=1S/C35H45N3O3/c1-5-30(6-2)35(40)38(32-18-20-37(21-19-32)24-29-9-7-8-26(3)22-29)25-28-10-14-31(15-11-28)34(39)36-23-27-12-16-33(41-4)17-13-27/h7-17,22,30,32H,5-6,18-21,23-25H2,1-4H3,(H,36,39). The summed E-state index contributed by atoms with van der Waals surface area (Å²) in [6, 6.07) is 24.3. The van der Waals surface area contributed by atoms with Crippen LogP contribution in [0.25, 0.3) is 0 Å². The van der Waals surface area contributed by atoms with Crippen molar-refractivity contribution < 1.29 is 14.3 Å². The molecule has 1 aliphatic heterocycles. The van der Waals surface area contributed by atoms with E-state index in [0.717, 1.165) is 62.2 Å². The number of carbonyl (C=O) groups excluding carboxylic acids is 2. The molecular formula is C35H45N3O3. The summed E-state index contributed by atoms with van der Waals surface area (Å²) < 4.78 is 5.20. The molecule has 41 heavy (non-hydrogen) atoms. The van der Waals surface area contributed by atoms with Crippen molar-refractivity contribution in [1.29, 1.82) is 0 Å². The molecule has 0 aliphatic carbocycles. The first-order valence-electron chi connectivity index (χ1n) is 15.0. The number of likely N-dealkylation sites (tertiary alicyclic amines) is 1. The van der Waals surface area contributed by atoms with Crippen molar-refractivity contribution in [3.63, 3.8) is 0 Å². The van der Waals surface area contributed by atoms with E-state index in [1.54, 1.807) is 7.11 Å². The Morgan fingerprint density at radius 3 is 2.20 bits per heavy atom. The summed E-state index contributed by atoms with van der Waals surface area (Å²) in [5, 5.41) is 2.99. The number of piperidine rings is 1. The highest BCUT2D eigenvalue weighted by Crippen LogP contribution is 2.25. The van der Waals surface area contributed by atoms with E-state index in [-0.39, 0.29) is 23.8 Å². The lowest BCUT2D eigenvalue weighted by Crippen LogP contribution is -2.48. The van der Waals surface area contributed by atoms with E-state index in [1.165, 1.54) is 11.1 Å². The van der Waals surface area contributed by atoms with E-state index in [1.807, 2.05) is 48.5 Å². The molecule has 0 spiro atoms. The van der Waals surface area contributed by atoms with Gasteiger partial charge < -0.3 is 15.0 Å². The minimum atomic E-state index is -0.113. The summed E-state index contributed by atoms with van der Waals surface area (Å²) in [5.74, 6) is 0.982. The molecule has 1 N–H and O–H groups in total. The normalized spacial score (nSPS) is 14.2. The smallest absolute Gasteiger partial charge is 0.251 e. The van der Waals surface area contributed by atoms with Crippen LogP contribution in [0.5, 0.6) is 5.75 Å².